The third-order valence-electron chi connectivity index (χ3n) is 4.19. The van der Waals surface area contributed by atoms with E-state index in [-0.39, 0.29) is 11.6 Å². The molecule has 0 aliphatic carbocycles. The SMILES string of the molecule is O=C(Nc1ccc(S(=O)(=O)C(F)F)cc1)c1ccc(N2CCCC2=O)cc1. The number of benzene rings is 2. The van der Waals surface area contributed by atoms with Crippen molar-refractivity contribution in [1.29, 1.82) is 0 Å². The fraction of sp³-hybridized carbons (Fsp3) is 0.222. The van der Waals surface area contributed by atoms with Crippen molar-refractivity contribution in [1.82, 2.24) is 0 Å². The van der Waals surface area contributed by atoms with Crippen LogP contribution in [0.5, 0.6) is 0 Å². The lowest BCUT2D eigenvalue weighted by molar-refractivity contribution is -0.117. The first-order chi connectivity index (χ1) is 12.8. The summed E-state index contributed by atoms with van der Waals surface area (Å²) in [5.41, 5.74) is 1.33. The Morgan fingerprint density at radius 3 is 2.19 bits per heavy atom. The minimum absolute atomic E-state index is 0.0473. The quantitative estimate of drug-likeness (QED) is 0.845. The Bertz CT molecular complexity index is 958. The minimum Gasteiger partial charge on any atom is -0.322 e. The Labute approximate surface area is 154 Å². The van der Waals surface area contributed by atoms with Gasteiger partial charge in [0.2, 0.25) is 15.7 Å². The van der Waals surface area contributed by atoms with Crippen molar-refractivity contribution in [3.63, 3.8) is 0 Å². The summed E-state index contributed by atoms with van der Waals surface area (Å²) in [4.78, 5) is 25.1. The monoisotopic (exact) mass is 394 g/mol. The van der Waals surface area contributed by atoms with Gasteiger partial charge in [-0.3, -0.25) is 9.59 Å². The van der Waals surface area contributed by atoms with Gasteiger partial charge in [0.15, 0.2) is 0 Å². The van der Waals surface area contributed by atoms with Gasteiger partial charge in [0, 0.05) is 29.9 Å². The molecule has 9 heteroatoms. The normalized spacial score (nSPS) is 14.6. The van der Waals surface area contributed by atoms with Gasteiger partial charge < -0.3 is 10.2 Å². The number of sulfone groups is 1. The number of nitrogens with zero attached hydrogens (tertiary/aromatic N) is 1. The molecule has 1 saturated heterocycles. The van der Waals surface area contributed by atoms with Crippen LogP contribution in [0.1, 0.15) is 23.2 Å². The smallest absolute Gasteiger partial charge is 0.322 e. The van der Waals surface area contributed by atoms with Gasteiger partial charge >= 0.3 is 5.76 Å². The molecule has 27 heavy (non-hydrogen) atoms. The van der Waals surface area contributed by atoms with Gasteiger partial charge in [0.25, 0.3) is 5.91 Å². The van der Waals surface area contributed by atoms with Gasteiger partial charge in [0.05, 0.1) is 4.90 Å². The van der Waals surface area contributed by atoms with Crippen molar-refractivity contribution in [3.8, 4) is 0 Å². The molecule has 1 aliphatic heterocycles. The Kier molecular flexibility index (Phi) is 5.22. The molecule has 1 aliphatic rings. The average Bonchev–Trinajstić information content (AvgIpc) is 3.08. The van der Waals surface area contributed by atoms with Crippen LogP contribution in [0, 0.1) is 0 Å². The first kappa shape index (κ1) is 19.0. The van der Waals surface area contributed by atoms with E-state index in [2.05, 4.69) is 5.32 Å². The highest BCUT2D eigenvalue weighted by molar-refractivity contribution is 7.91. The molecule has 2 amide bonds. The fourth-order valence-electron chi connectivity index (χ4n) is 2.75. The van der Waals surface area contributed by atoms with Crippen LogP contribution in [0.15, 0.2) is 53.4 Å². The van der Waals surface area contributed by atoms with E-state index in [0.29, 0.717) is 18.5 Å². The molecule has 0 radical (unpaired) electrons. The van der Waals surface area contributed by atoms with E-state index in [1.165, 1.54) is 12.1 Å². The highest BCUT2D eigenvalue weighted by Gasteiger charge is 2.26. The molecule has 0 unspecified atom stereocenters. The van der Waals surface area contributed by atoms with Crippen LogP contribution < -0.4 is 10.2 Å². The number of carbonyl (C=O) groups excluding carboxylic acids is 2. The maximum absolute atomic E-state index is 12.5. The topological polar surface area (TPSA) is 83.6 Å². The Morgan fingerprint density at radius 2 is 1.67 bits per heavy atom. The number of hydrogen-bond donors (Lipinski definition) is 1. The molecule has 0 atom stereocenters. The summed E-state index contributed by atoms with van der Waals surface area (Å²) < 4.78 is 47.8. The Morgan fingerprint density at radius 1 is 1.04 bits per heavy atom. The molecule has 142 valence electrons. The first-order valence-electron chi connectivity index (χ1n) is 8.13. The van der Waals surface area contributed by atoms with Crippen molar-refractivity contribution < 1.29 is 26.8 Å². The van der Waals surface area contributed by atoms with Crippen LogP contribution >= 0.6 is 0 Å². The van der Waals surface area contributed by atoms with Crippen LogP contribution in [0.4, 0.5) is 20.2 Å². The number of hydrogen-bond acceptors (Lipinski definition) is 4. The van der Waals surface area contributed by atoms with Crippen molar-refractivity contribution in [2.75, 3.05) is 16.8 Å². The second kappa shape index (κ2) is 7.43. The molecule has 0 saturated carbocycles. The number of nitrogens with one attached hydrogen (secondary N) is 1. The molecule has 1 fully saturated rings. The van der Waals surface area contributed by atoms with Crippen molar-refractivity contribution in [2.24, 2.45) is 0 Å². The summed E-state index contributed by atoms with van der Waals surface area (Å²) in [5.74, 6) is -3.90. The molecule has 0 aromatic heterocycles. The maximum atomic E-state index is 12.5. The number of anilines is 2. The zero-order valence-electron chi connectivity index (χ0n) is 14.1. The van der Waals surface area contributed by atoms with Crippen LogP contribution in [0.2, 0.25) is 0 Å². The van der Waals surface area contributed by atoms with E-state index in [9.17, 15) is 26.8 Å². The molecule has 6 nitrogen and oxygen atoms in total. The van der Waals surface area contributed by atoms with Crippen LogP contribution in [-0.4, -0.2) is 32.5 Å². The molecular weight excluding hydrogens is 378 g/mol. The molecule has 2 aromatic rings. The van der Waals surface area contributed by atoms with E-state index >= 15 is 0 Å². The van der Waals surface area contributed by atoms with E-state index in [1.807, 2.05) is 0 Å². The molecule has 1 N–H and O–H groups in total. The van der Waals surface area contributed by atoms with Crippen molar-refractivity contribution >= 4 is 33.0 Å². The van der Waals surface area contributed by atoms with Crippen LogP contribution in [-0.2, 0) is 14.6 Å². The van der Waals surface area contributed by atoms with E-state index in [1.54, 1.807) is 29.2 Å². The number of amides is 2. The average molecular weight is 394 g/mol. The Hall–Kier alpha value is -2.81. The van der Waals surface area contributed by atoms with E-state index in [0.717, 1.165) is 24.2 Å². The molecule has 2 aromatic carbocycles. The number of halogens is 2. The van der Waals surface area contributed by atoms with Crippen LogP contribution in [0.3, 0.4) is 0 Å². The highest BCUT2D eigenvalue weighted by Crippen LogP contribution is 2.23. The van der Waals surface area contributed by atoms with Gasteiger partial charge in [-0.1, -0.05) is 0 Å². The van der Waals surface area contributed by atoms with Gasteiger partial charge in [-0.15, -0.1) is 0 Å². The lowest BCUT2D eigenvalue weighted by Gasteiger charge is -2.15. The largest absolute Gasteiger partial charge is 0.341 e. The molecule has 0 spiro atoms. The molecule has 1 heterocycles. The summed E-state index contributed by atoms with van der Waals surface area (Å²) >= 11 is 0. The standard InChI is InChI=1S/C18H16F2N2O4S/c19-18(20)27(25,26)15-9-5-13(6-10-15)21-17(24)12-3-7-14(8-4-12)22-11-1-2-16(22)23/h3-10,18H,1-2,11H2,(H,21,24). The maximum Gasteiger partial charge on any atom is 0.341 e. The van der Waals surface area contributed by atoms with Gasteiger partial charge in [-0.05, 0) is 55.0 Å². The second-order valence-electron chi connectivity index (χ2n) is 5.98. The third kappa shape index (κ3) is 3.97. The second-order valence-corrected chi connectivity index (χ2v) is 7.90. The Balaban J connectivity index is 1.69. The molecule has 0 bridgehead atoms. The van der Waals surface area contributed by atoms with E-state index < -0.39 is 26.4 Å². The van der Waals surface area contributed by atoms with Gasteiger partial charge in [-0.25, -0.2) is 8.42 Å². The number of rotatable bonds is 5. The third-order valence-corrected chi connectivity index (χ3v) is 5.59. The molecular formula is C18H16F2N2O4S. The lowest BCUT2D eigenvalue weighted by atomic mass is 10.1. The fourth-order valence-corrected chi connectivity index (χ4v) is 3.47. The summed E-state index contributed by atoms with van der Waals surface area (Å²) in [6.07, 6.45) is 1.32. The highest BCUT2D eigenvalue weighted by atomic mass is 32.2. The van der Waals surface area contributed by atoms with Gasteiger partial charge in [-0.2, -0.15) is 8.78 Å². The predicted molar refractivity (Wildman–Crippen MR) is 95.6 cm³/mol. The lowest BCUT2D eigenvalue weighted by Crippen LogP contribution is -2.23. The molecule has 3 rings (SSSR count). The summed E-state index contributed by atoms with van der Waals surface area (Å²) in [6.45, 7) is 0.651. The van der Waals surface area contributed by atoms with Crippen molar-refractivity contribution in [2.45, 2.75) is 23.5 Å². The summed E-state index contributed by atoms with van der Waals surface area (Å²) in [6, 6.07) is 11.0. The minimum atomic E-state index is -4.67. The first-order valence-corrected chi connectivity index (χ1v) is 9.67. The number of carbonyl (C=O) groups is 2. The summed E-state index contributed by atoms with van der Waals surface area (Å²) in [5, 5.41) is 2.56. The van der Waals surface area contributed by atoms with Crippen molar-refractivity contribution in [3.05, 3.63) is 54.1 Å². The van der Waals surface area contributed by atoms with Crippen LogP contribution in [0.25, 0.3) is 0 Å². The number of alkyl halides is 2. The van der Waals surface area contributed by atoms with Gasteiger partial charge in [0.1, 0.15) is 0 Å². The zero-order chi connectivity index (χ0) is 19.6. The predicted octanol–water partition coefficient (Wildman–Crippen LogP) is 3.06. The zero-order valence-corrected chi connectivity index (χ0v) is 14.9. The van der Waals surface area contributed by atoms with E-state index in [4.69, 9.17) is 0 Å². The summed E-state index contributed by atoms with van der Waals surface area (Å²) in [7, 11) is -4.67.